The van der Waals surface area contributed by atoms with E-state index in [0.29, 0.717) is 0 Å². The predicted molar refractivity (Wildman–Crippen MR) is 74.9 cm³/mol. The van der Waals surface area contributed by atoms with Gasteiger partial charge in [0.1, 0.15) is 0 Å². The molecule has 88 valence electrons. The molecule has 2 rings (SSSR count). The van der Waals surface area contributed by atoms with E-state index in [1.54, 1.807) is 0 Å². The van der Waals surface area contributed by atoms with Crippen LogP contribution < -0.4 is 0 Å². The molecular formula is C15H14Cl2. The molecule has 1 atom stereocenters. The molecule has 0 bridgehead atoms. The van der Waals surface area contributed by atoms with Crippen molar-refractivity contribution in [3.8, 4) is 0 Å². The van der Waals surface area contributed by atoms with Crippen molar-refractivity contribution in [3.63, 3.8) is 0 Å². The number of aryl methyl sites for hydroxylation is 1. The van der Waals surface area contributed by atoms with Gasteiger partial charge in [0, 0.05) is 5.02 Å². The van der Waals surface area contributed by atoms with Crippen molar-refractivity contribution < 1.29 is 0 Å². The number of halogens is 2. The highest BCUT2D eigenvalue weighted by Gasteiger charge is 2.12. The van der Waals surface area contributed by atoms with Crippen LogP contribution >= 0.6 is 23.2 Å². The van der Waals surface area contributed by atoms with Crippen molar-refractivity contribution in [3.05, 3.63) is 70.2 Å². The summed E-state index contributed by atoms with van der Waals surface area (Å²) in [5, 5.41) is 0.753. The number of alkyl halides is 1. The topological polar surface area (TPSA) is 0 Å². The summed E-state index contributed by atoms with van der Waals surface area (Å²) < 4.78 is 0. The lowest BCUT2D eigenvalue weighted by Crippen LogP contribution is -1.98. The molecule has 2 aromatic carbocycles. The monoisotopic (exact) mass is 264 g/mol. The highest BCUT2D eigenvalue weighted by atomic mass is 35.5. The first-order valence-corrected chi connectivity index (χ1v) is 6.43. The molecule has 0 saturated carbocycles. The predicted octanol–water partition coefficient (Wildman–Crippen LogP) is 5.17. The van der Waals surface area contributed by atoms with Gasteiger partial charge >= 0.3 is 0 Å². The minimum atomic E-state index is -0.0314. The summed E-state index contributed by atoms with van der Waals surface area (Å²) >= 11 is 12.6. The first-order chi connectivity index (χ1) is 8.18. The second kappa shape index (κ2) is 5.57. The summed E-state index contributed by atoms with van der Waals surface area (Å²) in [6.45, 7) is 2.08. The van der Waals surface area contributed by atoms with E-state index in [2.05, 4.69) is 19.1 Å². The quantitative estimate of drug-likeness (QED) is 0.671. The minimum Gasteiger partial charge on any atom is -0.117 e. The van der Waals surface area contributed by atoms with Crippen molar-refractivity contribution in [1.82, 2.24) is 0 Å². The van der Waals surface area contributed by atoms with Crippen LogP contribution in [0.25, 0.3) is 0 Å². The molecule has 2 aromatic rings. The Morgan fingerprint density at radius 1 is 1.00 bits per heavy atom. The SMILES string of the molecule is Cc1ccccc1C(Cl)Cc1ccccc1Cl. The van der Waals surface area contributed by atoms with Crippen LogP contribution in [0.4, 0.5) is 0 Å². The summed E-state index contributed by atoms with van der Waals surface area (Å²) in [6, 6.07) is 16.0. The second-order valence-electron chi connectivity index (χ2n) is 4.12. The Labute approximate surface area is 112 Å². The standard InChI is InChI=1S/C15H14Cl2/c1-11-6-2-4-8-13(11)15(17)10-12-7-3-5-9-14(12)16/h2-9,15H,10H2,1H3. The molecule has 2 heteroatoms. The largest absolute Gasteiger partial charge is 0.117 e. The van der Waals surface area contributed by atoms with Crippen molar-refractivity contribution in [1.29, 1.82) is 0 Å². The van der Waals surface area contributed by atoms with Crippen LogP contribution in [0, 0.1) is 6.92 Å². The molecule has 0 fully saturated rings. The highest BCUT2D eigenvalue weighted by Crippen LogP contribution is 2.29. The Morgan fingerprint density at radius 2 is 1.65 bits per heavy atom. The van der Waals surface area contributed by atoms with E-state index in [4.69, 9.17) is 23.2 Å². The van der Waals surface area contributed by atoms with Gasteiger partial charge < -0.3 is 0 Å². The minimum absolute atomic E-state index is 0.0314. The Morgan fingerprint density at radius 3 is 2.35 bits per heavy atom. The van der Waals surface area contributed by atoms with Crippen molar-refractivity contribution in [2.24, 2.45) is 0 Å². The molecule has 0 radical (unpaired) electrons. The first-order valence-electron chi connectivity index (χ1n) is 5.61. The second-order valence-corrected chi connectivity index (χ2v) is 5.05. The summed E-state index contributed by atoms with van der Waals surface area (Å²) in [4.78, 5) is 0. The maximum Gasteiger partial charge on any atom is 0.0628 e. The van der Waals surface area contributed by atoms with Gasteiger partial charge in [-0.2, -0.15) is 0 Å². The van der Waals surface area contributed by atoms with Gasteiger partial charge in [-0.1, -0.05) is 54.1 Å². The van der Waals surface area contributed by atoms with Crippen LogP contribution in [-0.2, 0) is 6.42 Å². The zero-order valence-corrected chi connectivity index (χ0v) is 11.2. The molecule has 0 spiro atoms. The fourth-order valence-electron chi connectivity index (χ4n) is 1.91. The van der Waals surface area contributed by atoms with Crippen LogP contribution in [0.15, 0.2) is 48.5 Å². The van der Waals surface area contributed by atoms with Crippen LogP contribution in [0.3, 0.4) is 0 Å². The van der Waals surface area contributed by atoms with E-state index in [1.165, 1.54) is 11.1 Å². The zero-order valence-electron chi connectivity index (χ0n) is 9.66. The van der Waals surface area contributed by atoms with Crippen LogP contribution in [-0.4, -0.2) is 0 Å². The molecule has 0 aromatic heterocycles. The van der Waals surface area contributed by atoms with E-state index >= 15 is 0 Å². The van der Waals surface area contributed by atoms with E-state index in [9.17, 15) is 0 Å². The van der Waals surface area contributed by atoms with E-state index < -0.39 is 0 Å². The Kier molecular flexibility index (Phi) is 4.09. The maximum atomic E-state index is 6.46. The lowest BCUT2D eigenvalue weighted by atomic mass is 10.0. The average Bonchev–Trinajstić information content (AvgIpc) is 2.32. The summed E-state index contributed by atoms with van der Waals surface area (Å²) in [5.74, 6) is 0. The van der Waals surface area contributed by atoms with Gasteiger partial charge in [-0.3, -0.25) is 0 Å². The molecule has 0 aliphatic heterocycles. The fraction of sp³-hybridized carbons (Fsp3) is 0.200. The van der Waals surface area contributed by atoms with Crippen LogP contribution in [0.5, 0.6) is 0 Å². The normalized spacial score (nSPS) is 12.4. The molecule has 0 aliphatic rings. The third kappa shape index (κ3) is 3.02. The molecule has 0 saturated heterocycles. The Balaban J connectivity index is 2.20. The molecule has 0 nitrogen and oxygen atoms in total. The maximum absolute atomic E-state index is 6.46. The fourth-order valence-corrected chi connectivity index (χ4v) is 2.53. The van der Waals surface area contributed by atoms with Crippen molar-refractivity contribution in [2.45, 2.75) is 18.7 Å². The Hall–Kier alpha value is -0.980. The average molecular weight is 265 g/mol. The zero-order chi connectivity index (χ0) is 12.3. The van der Waals surface area contributed by atoms with Gasteiger partial charge in [0.15, 0.2) is 0 Å². The number of benzene rings is 2. The third-order valence-electron chi connectivity index (χ3n) is 2.88. The van der Waals surface area contributed by atoms with Gasteiger partial charge in [0.2, 0.25) is 0 Å². The van der Waals surface area contributed by atoms with Crippen LogP contribution in [0.2, 0.25) is 5.02 Å². The molecule has 1 unspecified atom stereocenters. The highest BCUT2D eigenvalue weighted by molar-refractivity contribution is 6.31. The smallest absolute Gasteiger partial charge is 0.0628 e. The summed E-state index contributed by atoms with van der Waals surface area (Å²) in [7, 11) is 0. The van der Waals surface area contributed by atoms with Gasteiger partial charge in [0.05, 0.1) is 5.38 Å². The molecule has 0 amide bonds. The van der Waals surface area contributed by atoms with E-state index in [-0.39, 0.29) is 5.38 Å². The first kappa shape index (κ1) is 12.5. The molecule has 0 N–H and O–H groups in total. The lowest BCUT2D eigenvalue weighted by molar-refractivity contribution is 0.910. The van der Waals surface area contributed by atoms with Gasteiger partial charge in [-0.25, -0.2) is 0 Å². The van der Waals surface area contributed by atoms with Crippen molar-refractivity contribution >= 4 is 23.2 Å². The molecule has 0 aliphatic carbocycles. The van der Waals surface area contributed by atoms with E-state index in [1.807, 2.05) is 36.4 Å². The van der Waals surface area contributed by atoms with Crippen molar-refractivity contribution in [2.75, 3.05) is 0 Å². The molecule has 0 heterocycles. The molecular weight excluding hydrogens is 251 g/mol. The third-order valence-corrected chi connectivity index (χ3v) is 3.64. The number of hydrogen-bond acceptors (Lipinski definition) is 0. The van der Waals surface area contributed by atoms with E-state index in [0.717, 1.165) is 17.0 Å². The summed E-state index contributed by atoms with van der Waals surface area (Å²) in [5.41, 5.74) is 3.49. The van der Waals surface area contributed by atoms with Gasteiger partial charge in [0.25, 0.3) is 0 Å². The van der Waals surface area contributed by atoms with Gasteiger partial charge in [-0.15, -0.1) is 11.6 Å². The molecule has 17 heavy (non-hydrogen) atoms. The number of hydrogen-bond donors (Lipinski definition) is 0. The summed E-state index contributed by atoms with van der Waals surface area (Å²) in [6.07, 6.45) is 0.756. The number of rotatable bonds is 3. The Bertz CT molecular complexity index is 506. The lowest BCUT2D eigenvalue weighted by Gasteiger charge is -2.13. The van der Waals surface area contributed by atoms with Gasteiger partial charge in [-0.05, 0) is 36.1 Å². The van der Waals surface area contributed by atoms with Crippen LogP contribution in [0.1, 0.15) is 22.1 Å².